The van der Waals surface area contributed by atoms with Crippen LogP contribution in [0.15, 0.2) is 67.3 Å². The second kappa shape index (κ2) is 6.04. The van der Waals surface area contributed by atoms with E-state index < -0.39 is 5.97 Å². The van der Waals surface area contributed by atoms with Gasteiger partial charge >= 0.3 is 5.97 Å². The fourth-order valence-corrected chi connectivity index (χ4v) is 3.42. The van der Waals surface area contributed by atoms with Crippen LogP contribution >= 0.6 is 0 Å². The molecule has 0 saturated heterocycles. The smallest absolute Gasteiger partial charge is 0.340 e. The van der Waals surface area contributed by atoms with Gasteiger partial charge in [0.1, 0.15) is 11.2 Å². The van der Waals surface area contributed by atoms with Crippen LogP contribution in [0.1, 0.15) is 10.4 Å². The zero-order chi connectivity index (χ0) is 18.3. The molecular formula is C21H17N3O2. The summed E-state index contributed by atoms with van der Waals surface area (Å²) in [5.41, 5.74) is 9.34. The second-order valence-corrected chi connectivity index (χ2v) is 6.04. The molecule has 0 aliphatic carbocycles. The van der Waals surface area contributed by atoms with Crippen molar-refractivity contribution in [3.63, 3.8) is 0 Å². The Morgan fingerprint density at radius 2 is 1.85 bits per heavy atom. The van der Waals surface area contributed by atoms with E-state index in [9.17, 15) is 9.90 Å². The number of benzene rings is 2. The number of pyridine rings is 1. The van der Waals surface area contributed by atoms with Gasteiger partial charge in [0.25, 0.3) is 0 Å². The number of para-hydroxylation sites is 1. The molecule has 2 heterocycles. The summed E-state index contributed by atoms with van der Waals surface area (Å²) < 4.78 is 2.01. The van der Waals surface area contributed by atoms with Gasteiger partial charge in [-0.3, -0.25) is 0 Å². The van der Waals surface area contributed by atoms with E-state index >= 15 is 0 Å². The molecule has 0 aliphatic rings. The predicted molar refractivity (Wildman–Crippen MR) is 104 cm³/mol. The van der Waals surface area contributed by atoms with E-state index in [4.69, 9.17) is 10.7 Å². The molecule has 0 aliphatic heterocycles. The number of allylic oxidation sites excluding steroid dienone is 1. The first-order chi connectivity index (χ1) is 12.6. The molecule has 0 amide bonds. The first kappa shape index (κ1) is 15.9. The molecule has 0 radical (unpaired) electrons. The van der Waals surface area contributed by atoms with Crippen molar-refractivity contribution in [3.8, 4) is 11.3 Å². The predicted octanol–water partition coefficient (Wildman–Crippen LogP) is 4.32. The van der Waals surface area contributed by atoms with Crippen molar-refractivity contribution in [1.29, 1.82) is 0 Å². The molecule has 2 aromatic heterocycles. The van der Waals surface area contributed by atoms with Crippen LogP contribution in [0.4, 0.5) is 5.69 Å². The number of hydrogen-bond donors (Lipinski definition) is 2. The lowest BCUT2D eigenvalue weighted by Crippen LogP contribution is -2.08. The summed E-state index contributed by atoms with van der Waals surface area (Å²) >= 11 is 0. The lowest BCUT2D eigenvalue weighted by atomic mass is 10.0. The van der Waals surface area contributed by atoms with Crippen LogP contribution in [0.5, 0.6) is 0 Å². The number of hydrogen-bond acceptors (Lipinski definition) is 3. The van der Waals surface area contributed by atoms with Gasteiger partial charge < -0.3 is 15.4 Å². The average molecular weight is 343 g/mol. The van der Waals surface area contributed by atoms with Crippen LogP contribution in [0, 0.1) is 0 Å². The Morgan fingerprint density at radius 3 is 2.54 bits per heavy atom. The molecule has 3 N–H and O–H groups in total. The average Bonchev–Trinajstić information content (AvgIpc) is 2.96. The van der Waals surface area contributed by atoms with Gasteiger partial charge in [-0.2, -0.15) is 0 Å². The molecule has 5 nitrogen and oxygen atoms in total. The van der Waals surface area contributed by atoms with Gasteiger partial charge in [-0.05, 0) is 6.07 Å². The summed E-state index contributed by atoms with van der Waals surface area (Å²) in [5.74, 6) is -1.09. The third kappa shape index (κ3) is 2.25. The molecule has 0 atom stereocenters. The van der Waals surface area contributed by atoms with Crippen LogP contribution in [0.25, 0.3) is 33.2 Å². The molecule has 0 unspecified atom stereocenters. The number of anilines is 1. The van der Waals surface area contributed by atoms with Crippen molar-refractivity contribution in [2.45, 2.75) is 6.54 Å². The Bertz CT molecular complexity index is 1160. The zero-order valence-corrected chi connectivity index (χ0v) is 14.0. The minimum atomic E-state index is -1.09. The summed E-state index contributed by atoms with van der Waals surface area (Å²) in [6, 6.07) is 17.0. The highest BCUT2D eigenvalue weighted by molar-refractivity contribution is 6.18. The number of nitrogens with two attached hydrogens (primary N) is 1. The molecule has 0 fully saturated rings. The van der Waals surface area contributed by atoms with Crippen LogP contribution in [-0.4, -0.2) is 20.6 Å². The molecule has 2 aromatic carbocycles. The van der Waals surface area contributed by atoms with Gasteiger partial charge in [-0.1, -0.05) is 54.6 Å². The number of carboxylic acids is 1. The van der Waals surface area contributed by atoms with E-state index in [2.05, 4.69) is 6.58 Å². The molecule has 128 valence electrons. The van der Waals surface area contributed by atoms with E-state index in [1.165, 1.54) is 0 Å². The van der Waals surface area contributed by atoms with E-state index in [1.807, 2.05) is 59.2 Å². The summed E-state index contributed by atoms with van der Waals surface area (Å²) in [6.45, 7) is 4.38. The van der Waals surface area contributed by atoms with Crippen molar-refractivity contribution in [1.82, 2.24) is 9.55 Å². The Balaban J connectivity index is 2.22. The first-order valence-corrected chi connectivity index (χ1v) is 8.23. The van der Waals surface area contributed by atoms with Crippen LogP contribution in [0.3, 0.4) is 0 Å². The molecule has 0 bridgehead atoms. The first-order valence-electron chi connectivity index (χ1n) is 8.23. The van der Waals surface area contributed by atoms with Gasteiger partial charge in [-0.15, -0.1) is 6.58 Å². The largest absolute Gasteiger partial charge is 0.478 e. The molecule has 0 spiro atoms. The molecule has 26 heavy (non-hydrogen) atoms. The summed E-state index contributed by atoms with van der Waals surface area (Å²) in [7, 11) is 0. The third-order valence-electron chi connectivity index (χ3n) is 4.51. The maximum absolute atomic E-state index is 12.0. The number of aromatic carboxylic acids is 1. The van der Waals surface area contributed by atoms with Crippen molar-refractivity contribution < 1.29 is 9.90 Å². The highest BCUT2D eigenvalue weighted by Crippen LogP contribution is 2.37. The Hall–Kier alpha value is -3.60. The van der Waals surface area contributed by atoms with Crippen molar-refractivity contribution in [3.05, 3.63) is 72.8 Å². The molecular weight excluding hydrogens is 326 g/mol. The Labute approximate surface area is 150 Å². The van der Waals surface area contributed by atoms with E-state index in [-0.39, 0.29) is 11.3 Å². The molecule has 4 rings (SSSR count). The number of nitrogen functional groups attached to an aromatic ring is 1. The summed E-state index contributed by atoms with van der Waals surface area (Å²) in [5, 5.41) is 11.4. The van der Waals surface area contributed by atoms with Crippen LogP contribution < -0.4 is 5.73 Å². The normalized spacial score (nSPS) is 11.1. The monoisotopic (exact) mass is 343 g/mol. The Morgan fingerprint density at radius 1 is 1.15 bits per heavy atom. The minimum absolute atomic E-state index is 0.0326. The van der Waals surface area contributed by atoms with Gasteiger partial charge in [0.05, 0.1) is 22.3 Å². The second-order valence-electron chi connectivity index (χ2n) is 6.04. The topological polar surface area (TPSA) is 81.1 Å². The van der Waals surface area contributed by atoms with Gasteiger partial charge in [0, 0.05) is 17.5 Å². The third-order valence-corrected chi connectivity index (χ3v) is 4.51. The standard InChI is InChI=1S/C21H17N3O2/c1-2-12-24-15-11-7-6-10-14(15)16-18(22)17(21(25)26)19(23-20(16)24)13-8-4-3-5-9-13/h2-11H,1,12H2,(H2,22,23)(H,25,26). The SMILES string of the molecule is C=CCn1c2ccccc2c2c(N)c(C(=O)O)c(-c3ccccc3)nc21. The Kier molecular flexibility index (Phi) is 3.69. The van der Waals surface area contributed by atoms with E-state index in [0.717, 1.165) is 10.9 Å². The number of carboxylic acid groups (broad SMARTS) is 1. The quantitative estimate of drug-likeness (QED) is 0.541. The maximum atomic E-state index is 12.0. The number of rotatable bonds is 4. The fourth-order valence-electron chi connectivity index (χ4n) is 3.42. The van der Waals surface area contributed by atoms with E-state index in [1.54, 1.807) is 6.08 Å². The number of fused-ring (bicyclic) bond motifs is 3. The number of carbonyl (C=O) groups is 1. The van der Waals surface area contributed by atoms with Crippen LogP contribution in [0.2, 0.25) is 0 Å². The van der Waals surface area contributed by atoms with E-state index in [0.29, 0.717) is 28.8 Å². The highest BCUT2D eigenvalue weighted by Gasteiger charge is 2.24. The van der Waals surface area contributed by atoms with Gasteiger partial charge in [-0.25, -0.2) is 9.78 Å². The minimum Gasteiger partial charge on any atom is -0.478 e. The van der Waals surface area contributed by atoms with Crippen molar-refractivity contribution >= 4 is 33.6 Å². The molecule has 5 heteroatoms. The number of nitrogens with zero attached hydrogens (tertiary/aromatic N) is 2. The van der Waals surface area contributed by atoms with Gasteiger partial charge in [0.2, 0.25) is 0 Å². The maximum Gasteiger partial charge on any atom is 0.340 e. The van der Waals surface area contributed by atoms with Crippen molar-refractivity contribution in [2.75, 3.05) is 5.73 Å². The van der Waals surface area contributed by atoms with Crippen molar-refractivity contribution in [2.24, 2.45) is 0 Å². The number of aromatic nitrogens is 2. The van der Waals surface area contributed by atoms with Crippen LogP contribution in [-0.2, 0) is 6.54 Å². The molecule has 0 saturated carbocycles. The zero-order valence-electron chi connectivity index (χ0n) is 14.0. The summed E-state index contributed by atoms with van der Waals surface area (Å²) in [4.78, 5) is 16.7. The summed E-state index contributed by atoms with van der Waals surface area (Å²) in [6.07, 6.45) is 1.79. The molecule has 4 aromatic rings. The fraction of sp³-hybridized carbons (Fsp3) is 0.0476. The lowest BCUT2D eigenvalue weighted by molar-refractivity contribution is 0.0698. The van der Waals surface area contributed by atoms with Gasteiger partial charge in [0.15, 0.2) is 0 Å². The lowest BCUT2D eigenvalue weighted by Gasteiger charge is -2.11. The highest BCUT2D eigenvalue weighted by atomic mass is 16.4.